The molecule has 6 heteroatoms. The van der Waals surface area contributed by atoms with Crippen LogP contribution in [0.5, 0.6) is 0 Å². The predicted molar refractivity (Wildman–Crippen MR) is 86.0 cm³/mol. The highest BCUT2D eigenvalue weighted by Gasteiger charge is 2.30. The van der Waals surface area contributed by atoms with Crippen LogP contribution >= 0.6 is 0 Å². The molecule has 3 heterocycles. The van der Waals surface area contributed by atoms with E-state index >= 15 is 0 Å². The molecule has 4 rings (SSSR count). The van der Waals surface area contributed by atoms with Gasteiger partial charge in [-0.1, -0.05) is 30.3 Å². The van der Waals surface area contributed by atoms with Crippen LogP contribution in [0.25, 0.3) is 5.65 Å². The number of aryl methyl sites for hydroxylation is 1. The second kappa shape index (κ2) is 5.42. The van der Waals surface area contributed by atoms with E-state index in [4.69, 9.17) is 0 Å². The Hall–Kier alpha value is -2.73. The third kappa shape index (κ3) is 2.18. The van der Waals surface area contributed by atoms with Crippen LogP contribution in [0.2, 0.25) is 0 Å². The average molecular weight is 325 g/mol. The lowest BCUT2D eigenvalue weighted by Gasteiger charge is -2.31. The molecule has 122 valence electrons. The molecule has 0 unspecified atom stereocenters. The van der Waals surface area contributed by atoms with Crippen molar-refractivity contribution >= 4 is 11.6 Å². The van der Waals surface area contributed by atoms with Crippen molar-refractivity contribution in [2.24, 2.45) is 0 Å². The number of aromatic nitrogens is 2. The van der Waals surface area contributed by atoms with E-state index in [-0.39, 0.29) is 12.2 Å². The largest absolute Gasteiger partial charge is 0.387 e. The molecule has 1 N–H and O–H groups in total. The van der Waals surface area contributed by atoms with Gasteiger partial charge in [-0.25, -0.2) is 4.98 Å². The molecule has 0 bridgehead atoms. The van der Waals surface area contributed by atoms with Gasteiger partial charge in [0.05, 0.1) is 12.6 Å². The number of aliphatic hydroxyl groups is 1. The first-order valence-corrected chi connectivity index (χ1v) is 7.74. The van der Waals surface area contributed by atoms with Crippen molar-refractivity contribution in [1.82, 2.24) is 14.3 Å². The molecule has 1 amide bonds. The van der Waals surface area contributed by atoms with E-state index in [9.17, 15) is 14.3 Å². The van der Waals surface area contributed by atoms with Gasteiger partial charge in [-0.3, -0.25) is 9.20 Å². The summed E-state index contributed by atoms with van der Waals surface area (Å²) >= 11 is 0. The highest BCUT2D eigenvalue weighted by atomic mass is 19.1. The SMILES string of the molecule is Cc1cccn2c(F)c(C(=O)N3Cc4ccccc4[C@@H](O)C3)nc12. The Morgan fingerprint density at radius 1 is 1.29 bits per heavy atom. The summed E-state index contributed by atoms with van der Waals surface area (Å²) in [7, 11) is 0. The number of halogens is 1. The van der Waals surface area contributed by atoms with Crippen LogP contribution in [0.15, 0.2) is 42.6 Å². The lowest BCUT2D eigenvalue weighted by atomic mass is 9.97. The lowest BCUT2D eigenvalue weighted by molar-refractivity contribution is 0.0540. The number of carbonyl (C=O) groups excluding carboxylic acids is 1. The van der Waals surface area contributed by atoms with Gasteiger partial charge in [0.2, 0.25) is 5.95 Å². The van der Waals surface area contributed by atoms with Gasteiger partial charge in [0.1, 0.15) is 5.65 Å². The van der Waals surface area contributed by atoms with Gasteiger partial charge in [0.15, 0.2) is 5.69 Å². The Morgan fingerprint density at radius 3 is 2.88 bits per heavy atom. The quantitative estimate of drug-likeness (QED) is 0.748. The number of aliphatic hydroxyl groups excluding tert-OH is 1. The summed E-state index contributed by atoms with van der Waals surface area (Å²) in [6.45, 7) is 2.28. The number of imidazole rings is 1. The molecule has 24 heavy (non-hydrogen) atoms. The summed E-state index contributed by atoms with van der Waals surface area (Å²) in [6, 6.07) is 10.9. The van der Waals surface area contributed by atoms with Crippen LogP contribution in [-0.4, -0.2) is 31.8 Å². The molecule has 5 nitrogen and oxygen atoms in total. The molecule has 1 atom stereocenters. The van der Waals surface area contributed by atoms with Gasteiger partial charge in [-0.15, -0.1) is 0 Å². The summed E-state index contributed by atoms with van der Waals surface area (Å²) in [4.78, 5) is 18.4. The molecular formula is C18H16FN3O2. The fraction of sp³-hybridized carbons (Fsp3) is 0.222. The van der Waals surface area contributed by atoms with Crippen LogP contribution in [0.4, 0.5) is 4.39 Å². The van der Waals surface area contributed by atoms with Crippen molar-refractivity contribution < 1.29 is 14.3 Å². The second-order valence-electron chi connectivity index (χ2n) is 6.04. The zero-order chi connectivity index (χ0) is 16.8. The number of hydrogen-bond acceptors (Lipinski definition) is 3. The number of hydrogen-bond donors (Lipinski definition) is 1. The number of carbonyl (C=O) groups is 1. The number of amides is 1. The van der Waals surface area contributed by atoms with E-state index in [0.29, 0.717) is 12.2 Å². The number of β-amino-alcohol motifs (C(OH)–C–C–N with tert-alkyl or cyclic N) is 1. The summed E-state index contributed by atoms with van der Waals surface area (Å²) < 4.78 is 15.9. The Balaban J connectivity index is 1.73. The molecule has 1 aromatic carbocycles. The van der Waals surface area contributed by atoms with Crippen LogP contribution in [0.1, 0.15) is 33.3 Å². The minimum atomic E-state index is -0.777. The normalized spacial score (nSPS) is 17.1. The highest BCUT2D eigenvalue weighted by molar-refractivity contribution is 5.93. The molecule has 2 aromatic heterocycles. The smallest absolute Gasteiger partial charge is 0.277 e. The Kier molecular flexibility index (Phi) is 3.35. The molecule has 0 saturated heterocycles. The van der Waals surface area contributed by atoms with Gasteiger partial charge < -0.3 is 10.0 Å². The van der Waals surface area contributed by atoms with E-state index in [0.717, 1.165) is 16.7 Å². The van der Waals surface area contributed by atoms with E-state index < -0.39 is 18.0 Å². The first-order chi connectivity index (χ1) is 11.6. The fourth-order valence-electron chi connectivity index (χ4n) is 3.20. The fourth-order valence-corrected chi connectivity index (χ4v) is 3.20. The first kappa shape index (κ1) is 14.8. The van der Waals surface area contributed by atoms with Crippen molar-refractivity contribution in [3.05, 3.63) is 70.9 Å². The molecule has 1 aliphatic rings. The third-order valence-electron chi connectivity index (χ3n) is 4.45. The van der Waals surface area contributed by atoms with E-state index in [1.807, 2.05) is 37.3 Å². The third-order valence-corrected chi connectivity index (χ3v) is 4.45. The maximum absolute atomic E-state index is 14.6. The zero-order valence-electron chi connectivity index (χ0n) is 13.1. The Bertz CT molecular complexity index is 951. The molecule has 1 aliphatic heterocycles. The maximum Gasteiger partial charge on any atom is 0.277 e. The van der Waals surface area contributed by atoms with E-state index in [1.165, 1.54) is 9.30 Å². The van der Waals surface area contributed by atoms with Crippen LogP contribution < -0.4 is 0 Å². The molecule has 0 spiro atoms. The van der Waals surface area contributed by atoms with E-state index in [1.54, 1.807) is 12.3 Å². The van der Waals surface area contributed by atoms with Crippen molar-refractivity contribution in [2.45, 2.75) is 19.6 Å². The average Bonchev–Trinajstić information content (AvgIpc) is 2.93. The molecular weight excluding hydrogens is 309 g/mol. The monoisotopic (exact) mass is 325 g/mol. The van der Waals surface area contributed by atoms with Gasteiger partial charge in [0.25, 0.3) is 5.91 Å². The lowest BCUT2D eigenvalue weighted by Crippen LogP contribution is -2.38. The number of nitrogens with zero attached hydrogens (tertiary/aromatic N) is 3. The van der Waals surface area contributed by atoms with Gasteiger partial charge in [-0.05, 0) is 29.7 Å². The standard InChI is InChI=1S/C18H16FN3O2/c1-11-5-4-8-22-16(19)15(20-17(11)22)18(24)21-9-12-6-2-3-7-13(12)14(23)10-21/h2-8,14,23H,9-10H2,1H3/t14-/m0/s1. The minimum Gasteiger partial charge on any atom is -0.387 e. The Morgan fingerprint density at radius 2 is 2.08 bits per heavy atom. The summed E-state index contributed by atoms with van der Waals surface area (Å²) in [5.74, 6) is -1.18. The number of pyridine rings is 1. The topological polar surface area (TPSA) is 57.8 Å². The van der Waals surface area contributed by atoms with Gasteiger partial charge in [-0.2, -0.15) is 4.39 Å². The van der Waals surface area contributed by atoms with Gasteiger partial charge in [0, 0.05) is 12.7 Å². The molecule has 3 aromatic rings. The summed E-state index contributed by atoms with van der Waals surface area (Å²) in [5.41, 5.74) is 2.68. The van der Waals surface area contributed by atoms with Crippen LogP contribution in [-0.2, 0) is 6.54 Å². The van der Waals surface area contributed by atoms with Crippen molar-refractivity contribution in [3.63, 3.8) is 0 Å². The molecule has 0 aliphatic carbocycles. The maximum atomic E-state index is 14.6. The van der Waals surface area contributed by atoms with Crippen LogP contribution in [0, 0.1) is 12.9 Å². The number of rotatable bonds is 1. The summed E-state index contributed by atoms with van der Waals surface area (Å²) in [5, 5.41) is 10.3. The Labute approximate surface area is 138 Å². The van der Waals surface area contributed by atoms with Gasteiger partial charge >= 0.3 is 0 Å². The minimum absolute atomic E-state index is 0.127. The number of benzene rings is 1. The predicted octanol–water partition coefficient (Wildman–Crippen LogP) is 2.47. The first-order valence-electron chi connectivity index (χ1n) is 7.74. The van der Waals surface area contributed by atoms with E-state index in [2.05, 4.69) is 4.98 Å². The van der Waals surface area contributed by atoms with Crippen molar-refractivity contribution in [2.75, 3.05) is 6.54 Å². The summed E-state index contributed by atoms with van der Waals surface area (Å²) in [6.07, 6.45) is 0.766. The second-order valence-corrected chi connectivity index (χ2v) is 6.04. The molecule has 0 saturated carbocycles. The molecule has 0 radical (unpaired) electrons. The van der Waals surface area contributed by atoms with Crippen LogP contribution in [0.3, 0.4) is 0 Å². The van der Waals surface area contributed by atoms with Crippen molar-refractivity contribution in [3.8, 4) is 0 Å². The highest BCUT2D eigenvalue weighted by Crippen LogP contribution is 2.27. The van der Waals surface area contributed by atoms with Crippen molar-refractivity contribution in [1.29, 1.82) is 0 Å². The molecule has 0 fully saturated rings. The number of fused-ring (bicyclic) bond motifs is 2. The zero-order valence-corrected chi connectivity index (χ0v) is 13.1.